The number of sulfone groups is 1. The third-order valence-electron chi connectivity index (χ3n) is 4.90. The van der Waals surface area contributed by atoms with E-state index in [2.05, 4.69) is 4.98 Å². The second kappa shape index (κ2) is 9.15. The number of hydrogen-bond acceptors (Lipinski definition) is 5. The molecule has 0 atom stereocenters. The van der Waals surface area contributed by atoms with Gasteiger partial charge in [0.25, 0.3) is 0 Å². The lowest BCUT2D eigenvalue weighted by molar-refractivity contribution is -0.136. The van der Waals surface area contributed by atoms with Crippen LogP contribution in [0.4, 0.5) is 0 Å². The highest BCUT2D eigenvalue weighted by Crippen LogP contribution is 2.30. The first kappa shape index (κ1) is 20.3. The van der Waals surface area contributed by atoms with Gasteiger partial charge in [-0.15, -0.1) is 0 Å². The number of nitrogens with zero attached hydrogens (tertiary/aromatic N) is 1. The number of ether oxygens (including phenoxy) is 1. The van der Waals surface area contributed by atoms with Crippen LogP contribution in [0.15, 0.2) is 59.8 Å². The number of benzene rings is 1. The monoisotopic (exact) mass is 399 g/mol. The van der Waals surface area contributed by atoms with Crippen LogP contribution in [0.2, 0.25) is 0 Å². The molecule has 0 N–H and O–H groups in total. The van der Waals surface area contributed by atoms with Crippen LogP contribution in [-0.2, 0) is 25.1 Å². The molecule has 0 saturated heterocycles. The van der Waals surface area contributed by atoms with Gasteiger partial charge >= 0.3 is 5.97 Å². The summed E-state index contributed by atoms with van der Waals surface area (Å²) in [5.41, 5.74) is 1.84. The molecule has 0 aliphatic heterocycles. The Morgan fingerprint density at radius 2 is 1.89 bits per heavy atom. The molecule has 6 heteroatoms. The van der Waals surface area contributed by atoms with Crippen LogP contribution >= 0.6 is 0 Å². The summed E-state index contributed by atoms with van der Waals surface area (Å²) in [6, 6.07) is 9.95. The first-order valence-electron chi connectivity index (χ1n) is 9.60. The highest BCUT2D eigenvalue weighted by molar-refractivity contribution is 7.90. The number of allylic oxidation sites excluding steroid dienone is 1. The van der Waals surface area contributed by atoms with Gasteiger partial charge < -0.3 is 4.74 Å². The van der Waals surface area contributed by atoms with E-state index < -0.39 is 9.84 Å². The predicted octanol–water partition coefficient (Wildman–Crippen LogP) is 4.19. The number of carbonyl (C=O) groups excluding carboxylic acids is 1. The SMILES string of the molecule is CCOC(=O)/C(=C/C1CCCC1)c1ccc(S(=O)(=O)Cc2cccnc2)cc1. The minimum Gasteiger partial charge on any atom is -0.462 e. The molecule has 0 amide bonds. The molecule has 0 unspecified atom stereocenters. The average molecular weight is 400 g/mol. The highest BCUT2D eigenvalue weighted by atomic mass is 32.2. The van der Waals surface area contributed by atoms with E-state index >= 15 is 0 Å². The second-order valence-corrected chi connectivity index (χ2v) is 8.98. The normalized spacial score (nSPS) is 15.5. The maximum atomic E-state index is 12.7. The van der Waals surface area contributed by atoms with Crippen molar-refractivity contribution < 1.29 is 17.9 Å². The van der Waals surface area contributed by atoms with Gasteiger partial charge in [0.05, 0.1) is 22.8 Å². The van der Waals surface area contributed by atoms with Crippen LogP contribution in [0.3, 0.4) is 0 Å². The molecule has 2 aromatic rings. The van der Waals surface area contributed by atoms with Crippen molar-refractivity contribution in [3.8, 4) is 0 Å². The molecule has 0 radical (unpaired) electrons. The van der Waals surface area contributed by atoms with Gasteiger partial charge in [0, 0.05) is 12.4 Å². The quantitative estimate of drug-likeness (QED) is 0.515. The Hall–Kier alpha value is -2.47. The number of pyridine rings is 1. The lowest BCUT2D eigenvalue weighted by Gasteiger charge is -2.11. The van der Waals surface area contributed by atoms with Crippen molar-refractivity contribution in [1.82, 2.24) is 4.98 Å². The van der Waals surface area contributed by atoms with Crippen LogP contribution in [0, 0.1) is 5.92 Å². The highest BCUT2D eigenvalue weighted by Gasteiger charge is 2.20. The van der Waals surface area contributed by atoms with Crippen molar-refractivity contribution in [2.45, 2.75) is 43.3 Å². The van der Waals surface area contributed by atoms with Crippen LogP contribution < -0.4 is 0 Å². The smallest absolute Gasteiger partial charge is 0.338 e. The van der Waals surface area contributed by atoms with Crippen LogP contribution in [-0.4, -0.2) is 26.0 Å². The van der Waals surface area contributed by atoms with Gasteiger partial charge in [0.2, 0.25) is 0 Å². The molecule has 1 aromatic carbocycles. The van der Waals surface area contributed by atoms with Crippen LogP contribution in [0.5, 0.6) is 0 Å². The fourth-order valence-corrected chi connectivity index (χ4v) is 4.81. The number of rotatable bonds is 7. The molecule has 3 rings (SSSR count). The summed E-state index contributed by atoms with van der Waals surface area (Å²) in [6.07, 6.45) is 9.63. The predicted molar refractivity (Wildman–Crippen MR) is 108 cm³/mol. The molecule has 1 fully saturated rings. The molecule has 28 heavy (non-hydrogen) atoms. The zero-order valence-corrected chi connectivity index (χ0v) is 16.8. The molecular weight excluding hydrogens is 374 g/mol. The van der Waals surface area contributed by atoms with Crippen molar-refractivity contribution in [3.63, 3.8) is 0 Å². The van der Waals surface area contributed by atoms with Gasteiger partial charge in [0.15, 0.2) is 9.84 Å². The fraction of sp³-hybridized carbons (Fsp3) is 0.364. The summed E-state index contributed by atoms with van der Waals surface area (Å²) < 4.78 is 30.5. The van der Waals surface area contributed by atoms with Gasteiger partial charge in [-0.25, -0.2) is 13.2 Å². The van der Waals surface area contributed by atoms with E-state index in [9.17, 15) is 13.2 Å². The van der Waals surface area contributed by atoms with Gasteiger partial charge in [-0.2, -0.15) is 0 Å². The maximum absolute atomic E-state index is 12.7. The number of carbonyl (C=O) groups is 1. The molecule has 0 bridgehead atoms. The molecule has 1 saturated carbocycles. The van der Waals surface area contributed by atoms with Crippen molar-refractivity contribution in [1.29, 1.82) is 0 Å². The zero-order valence-electron chi connectivity index (χ0n) is 16.0. The Balaban J connectivity index is 1.85. The molecule has 148 valence electrons. The van der Waals surface area contributed by atoms with E-state index in [0.717, 1.165) is 12.8 Å². The minimum atomic E-state index is -3.48. The zero-order chi connectivity index (χ0) is 20.0. The molecule has 1 aliphatic carbocycles. The van der Waals surface area contributed by atoms with Crippen molar-refractivity contribution >= 4 is 21.4 Å². The minimum absolute atomic E-state index is 0.108. The van der Waals surface area contributed by atoms with Gasteiger partial charge in [0.1, 0.15) is 0 Å². The van der Waals surface area contributed by atoms with E-state index in [-0.39, 0.29) is 16.6 Å². The average Bonchev–Trinajstić information content (AvgIpc) is 3.20. The molecule has 1 aliphatic rings. The summed E-state index contributed by atoms with van der Waals surface area (Å²) in [6.45, 7) is 2.08. The molecular formula is C22H25NO4S. The van der Waals surface area contributed by atoms with E-state index in [0.29, 0.717) is 29.2 Å². The fourth-order valence-electron chi connectivity index (χ4n) is 3.48. The Morgan fingerprint density at radius 3 is 2.50 bits per heavy atom. The summed E-state index contributed by atoms with van der Waals surface area (Å²) in [4.78, 5) is 16.6. The Morgan fingerprint density at radius 1 is 1.18 bits per heavy atom. The molecule has 1 heterocycles. The van der Waals surface area contributed by atoms with Crippen molar-refractivity contribution in [2.24, 2.45) is 5.92 Å². The first-order valence-corrected chi connectivity index (χ1v) is 11.3. The van der Waals surface area contributed by atoms with Gasteiger partial charge in [-0.3, -0.25) is 4.98 Å². The van der Waals surface area contributed by atoms with Crippen molar-refractivity contribution in [2.75, 3.05) is 6.61 Å². The van der Waals surface area contributed by atoms with Crippen molar-refractivity contribution in [3.05, 3.63) is 66.0 Å². The van der Waals surface area contributed by atoms with Gasteiger partial charge in [-0.1, -0.05) is 37.1 Å². The molecule has 5 nitrogen and oxygen atoms in total. The topological polar surface area (TPSA) is 73.3 Å². The summed E-state index contributed by atoms with van der Waals surface area (Å²) in [7, 11) is -3.48. The number of hydrogen-bond donors (Lipinski definition) is 0. The summed E-state index contributed by atoms with van der Waals surface area (Å²) in [5, 5.41) is 0. The number of esters is 1. The Kier molecular flexibility index (Phi) is 6.62. The molecule has 1 aromatic heterocycles. The van der Waals surface area contributed by atoms with E-state index in [1.165, 1.54) is 12.8 Å². The maximum Gasteiger partial charge on any atom is 0.338 e. The number of aromatic nitrogens is 1. The first-order chi connectivity index (χ1) is 13.5. The molecule has 0 spiro atoms. The lowest BCUT2D eigenvalue weighted by atomic mass is 9.99. The Bertz CT molecular complexity index is 928. The Labute approximate surface area is 166 Å². The second-order valence-electron chi connectivity index (χ2n) is 6.99. The van der Waals surface area contributed by atoms with Crippen LogP contribution in [0.25, 0.3) is 5.57 Å². The van der Waals surface area contributed by atoms with E-state index in [1.54, 1.807) is 55.7 Å². The lowest BCUT2D eigenvalue weighted by Crippen LogP contribution is -2.09. The van der Waals surface area contributed by atoms with Gasteiger partial charge in [-0.05, 0) is 55.0 Å². The third-order valence-corrected chi connectivity index (χ3v) is 6.61. The summed E-state index contributed by atoms with van der Waals surface area (Å²) >= 11 is 0. The largest absolute Gasteiger partial charge is 0.462 e. The standard InChI is InChI=1S/C22H25NO4S/c1-2-27-22(24)21(14-17-6-3-4-7-17)19-9-11-20(12-10-19)28(25,26)16-18-8-5-13-23-15-18/h5,8-15,17H,2-4,6-7,16H2,1H3/b21-14+. The summed E-state index contributed by atoms with van der Waals surface area (Å²) in [5.74, 6) is -0.100. The van der Waals surface area contributed by atoms with E-state index in [4.69, 9.17) is 4.74 Å². The third kappa shape index (κ3) is 5.07. The van der Waals surface area contributed by atoms with E-state index in [1.807, 2.05) is 6.08 Å². The van der Waals surface area contributed by atoms with Crippen LogP contribution in [0.1, 0.15) is 43.7 Å².